The Hall–Kier alpha value is -1.07. The highest BCUT2D eigenvalue weighted by Gasteiger charge is 2.20. The van der Waals surface area contributed by atoms with Crippen LogP contribution in [0, 0.1) is 5.92 Å². The van der Waals surface area contributed by atoms with Crippen LogP contribution in [0.4, 0.5) is 5.69 Å². The first-order chi connectivity index (χ1) is 9.04. The van der Waals surface area contributed by atoms with Crippen LogP contribution in [-0.4, -0.2) is 23.9 Å². The summed E-state index contributed by atoms with van der Waals surface area (Å²) in [5.41, 5.74) is 13.2. The van der Waals surface area contributed by atoms with E-state index < -0.39 is 0 Å². The number of piperidine rings is 1. The summed E-state index contributed by atoms with van der Waals surface area (Å²) in [6.45, 7) is 2.89. The highest BCUT2D eigenvalue weighted by Crippen LogP contribution is 2.24. The lowest BCUT2D eigenvalue weighted by Gasteiger charge is -2.31. The van der Waals surface area contributed by atoms with Gasteiger partial charge in [0.1, 0.15) is 0 Å². The van der Waals surface area contributed by atoms with Gasteiger partial charge in [0.15, 0.2) is 0 Å². The van der Waals surface area contributed by atoms with Gasteiger partial charge in [0, 0.05) is 23.1 Å². The number of likely N-dealkylation sites (tertiary alicyclic amines) is 1. The third-order valence-electron chi connectivity index (χ3n) is 3.70. The maximum Gasteiger partial charge on any atom is 0.217 e. The third-order valence-corrected chi connectivity index (χ3v) is 4.19. The molecule has 4 nitrogen and oxygen atoms in total. The van der Waals surface area contributed by atoms with Crippen molar-refractivity contribution in [2.24, 2.45) is 11.7 Å². The van der Waals surface area contributed by atoms with Crippen molar-refractivity contribution < 1.29 is 4.79 Å². The monoisotopic (exact) mass is 325 g/mol. The van der Waals surface area contributed by atoms with Gasteiger partial charge in [0.25, 0.3) is 0 Å². The summed E-state index contributed by atoms with van der Waals surface area (Å²) in [6, 6.07) is 6.02. The molecule has 1 heterocycles. The average molecular weight is 326 g/mol. The quantitative estimate of drug-likeness (QED) is 0.833. The zero-order valence-corrected chi connectivity index (χ0v) is 12.5. The Kier molecular flexibility index (Phi) is 4.82. The van der Waals surface area contributed by atoms with Crippen LogP contribution in [0.25, 0.3) is 0 Å². The second kappa shape index (κ2) is 6.39. The summed E-state index contributed by atoms with van der Waals surface area (Å²) in [5, 5.41) is 0. The van der Waals surface area contributed by atoms with Gasteiger partial charge in [0.05, 0.1) is 0 Å². The summed E-state index contributed by atoms with van der Waals surface area (Å²) >= 11 is 3.41. The van der Waals surface area contributed by atoms with Crippen molar-refractivity contribution in [1.82, 2.24) is 4.90 Å². The van der Waals surface area contributed by atoms with E-state index in [9.17, 15) is 4.79 Å². The van der Waals surface area contributed by atoms with Gasteiger partial charge in [-0.05, 0) is 49.5 Å². The molecule has 1 aromatic rings. The molecule has 1 fully saturated rings. The van der Waals surface area contributed by atoms with Gasteiger partial charge in [-0.2, -0.15) is 0 Å². The van der Waals surface area contributed by atoms with Crippen molar-refractivity contribution in [3.63, 3.8) is 0 Å². The van der Waals surface area contributed by atoms with E-state index in [1.807, 2.05) is 12.1 Å². The summed E-state index contributed by atoms with van der Waals surface area (Å²) in [7, 11) is 0. The molecule has 5 heteroatoms. The van der Waals surface area contributed by atoms with Crippen LogP contribution in [0.15, 0.2) is 22.7 Å². The minimum absolute atomic E-state index is 0.185. The lowest BCUT2D eigenvalue weighted by atomic mass is 9.93. The molecule has 0 radical (unpaired) electrons. The topological polar surface area (TPSA) is 72.4 Å². The van der Waals surface area contributed by atoms with Crippen molar-refractivity contribution >= 4 is 27.5 Å². The molecule has 19 heavy (non-hydrogen) atoms. The zero-order valence-electron chi connectivity index (χ0n) is 10.9. The van der Waals surface area contributed by atoms with E-state index in [0.717, 1.165) is 48.2 Å². The van der Waals surface area contributed by atoms with E-state index in [0.29, 0.717) is 12.3 Å². The number of benzene rings is 1. The smallest absolute Gasteiger partial charge is 0.217 e. The van der Waals surface area contributed by atoms with Crippen molar-refractivity contribution in [1.29, 1.82) is 0 Å². The third kappa shape index (κ3) is 4.21. The molecule has 104 valence electrons. The number of primary amides is 1. The minimum atomic E-state index is -0.185. The lowest BCUT2D eigenvalue weighted by molar-refractivity contribution is -0.119. The zero-order chi connectivity index (χ0) is 13.8. The predicted molar refractivity (Wildman–Crippen MR) is 80.4 cm³/mol. The van der Waals surface area contributed by atoms with Crippen molar-refractivity contribution in [3.8, 4) is 0 Å². The molecular formula is C14H20BrN3O. The number of halogens is 1. The van der Waals surface area contributed by atoms with E-state index in [2.05, 4.69) is 26.9 Å². The van der Waals surface area contributed by atoms with E-state index in [-0.39, 0.29) is 5.91 Å². The summed E-state index contributed by atoms with van der Waals surface area (Å²) in [4.78, 5) is 13.3. The van der Waals surface area contributed by atoms with Gasteiger partial charge in [-0.25, -0.2) is 0 Å². The van der Waals surface area contributed by atoms with E-state index in [4.69, 9.17) is 11.5 Å². The van der Waals surface area contributed by atoms with Crippen LogP contribution in [0.3, 0.4) is 0 Å². The van der Waals surface area contributed by atoms with E-state index in [1.165, 1.54) is 0 Å². The molecule has 1 saturated heterocycles. The molecule has 0 saturated carbocycles. The molecule has 1 aliphatic rings. The maximum atomic E-state index is 10.9. The molecule has 0 spiro atoms. The number of amides is 1. The Morgan fingerprint density at radius 3 is 2.63 bits per heavy atom. The second-order valence-corrected chi connectivity index (χ2v) is 6.15. The number of nitrogens with two attached hydrogens (primary N) is 2. The Bertz CT molecular complexity index is 456. The van der Waals surface area contributed by atoms with Crippen molar-refractivity contribution in [2.75, 3.05) is 18.8 Å². The van der Waals surface area contributed by atoms with Crippen molar-refractivity contribution in [3.05, 3.63) is 28.2 Å². The highest BCUT2D eigenvalue weighted by atomic mass is 79.9. The molecule has 0 unspecified atom stereocenters. The van der Waals surface area contributed by atoms with Gasteiger partial charge in [-0.15, -0.1) is 0 Å². The van der Waals surface area contributed by atoms with Gasteiger partial charge >= 0.3 is 0 Å². The average Bonchev–Trinajstić information content (AvgIpc) is 2.34. The molecular weight excluding hydrogens is 306 g/mol. The summed E-state index contributed by atoms with van der Waals surface area (Å²) in [5.74, 6) is 0.270. The Labute approximate surface area is 122 Å². The number of hydrogen-bond donors (Lipinski definition) is 2. The molecule has 1 aliphatic heterocycles. The van der Waals surface area contributed by atoms with Crippen LogP contribution >= 0.6 is 15.9 Å². The van der Waals surface area contributed by atoms with Crippen LogP contribution in [0.1, 0.15) is 24.8 Å². The first kappa shape index (κ1) is 14.3. The van der Waals surface area contributed by atoms with Gasteiger partial charge in [-0.1, -0.05) is 22.0 Å². The highest BCUT2D eigenvalue weighted by molar-refractivity contribution is 9.10. The minimum Gasteiger partial charge on any atom is -0.398 e. The van der Waals surface area contributed by atoms with E-state index in [1.54, 1.807) is 0 Å². The maximum absolute atomic E-state index is 10.9. The second-order valence-electron chi connectivity index (χ2n) is 5.23. The molecule has 0 bridgehead atoms. The molecule has 0 atom stereocenters. The standard InChI is InChI=1S/C14H20BrN3O/c15-12-2-1-11(13(16)8-12)9-18-5-3-10(4-6-18)7-14(17)19/h1-2,8,10H,3-7,9,16H2,(H2,17,19). The fourth-order valence-electron chi connectivity index (χ4n) is 2.58. The number of carbonyl (C=O) groups is 1. The molecule has 0 aliphatic carbocycles. The molecule has 4 N–H and O–H groups in total. The first-order valence-corrected chi connectivity index (χ1v) is 7.38. The SMILES string of the molecule is NC(=O)CC1CCN(Cc2ccc(Br)cc2N)CC1. The van der Waals surface area contributed by atoms with Crippen LogP contribution < -0.4 is 11.5 Å². The number of anilines is 1. The molecule has 2 rings (SSSR count). The van der Waals surface area contributed by atoms with Gasteiger partial charge in [0.2, 0.25) is 5.91 Å². The normalized spacial score (nSPS) is 17.5. The van der Waals surface area contributed by atoms with Crippen molar-refractivity contribution in [2.45, 2.75) is 25.8 Å². The van der Waals surface area contributed by atoms with Crippen LogP contribution in [-0.2, 0) is 11.3 Å². The Morgan fingerprint density at radius 1 is 1.37 bits per heavy atom. The molecule has 1 aromatic carbocycles. The number of rotatable bonds is 4. The number of nitrogens with zero attached hydrogens (tertiary/aromatic N) is 1. The van der Waals surface area contributed by atoms with Gasteiger partial charge < -0.3 is 11.5 Å². The summed E-state index contributed by atoms with van der Waals surface area (Å²) < 4.78 is 1.01. The fourth-order valence-corrected chi connectivity index (χ4v) is 2.96. The Morgan fingerprint density at radius 2 is 2.05 bits per heavy atom. The number of carbonyl (C=O) groups excluding carboxylic acids is 1. The first-order valence-electron chi connectivity index (χ1n) is 6.59. The van der Waals surface area contributed by atoms with Crippen LogP contribution in [0.5, 0.6) is 0 Å². The van der Waals surface area contributed by atoms with E-state index >= 15 is 0 Å². The number of nitrogen functional groups attached to an aromatic ring is 1. The largest absolute Gasteiger partial charge is 0.398 e. The fraction of sp³-hybridized carbons (Fsp3) is 0.500. The molecule has 0 aromatic heterocycles. The van der Waals surface area contributed by atoms with Gasteiger partial charge in [-0.3, -0.25) is 9.69 Å². The number of hydrogen-bond acceptors (Lipinski definition) is 3. The lowest BCUT2D eigenvalue weighted by Crippen LogP contribution is -2.34. The Balaban J connectivity index is 1.87. The summed E-state index contributed by atoms with van der Waals surface area (Å²) in [6.07, 6.45) is 2.60. The van der Waals surface area contributed by atoms with Crippen LogP contribution in [0.2, 0.25) is 0 Å². The molecule has 1 amide bonds. The predicted octanol–water partition coefficient (Wildman–Crippen LogP) is 2.12.